The number of amides is 1. The molecule has 0 spiro atoms. The molecule has 0 unspecified atom stereocenters. The van der Waals surface area contributed by atoms with E-state index in [1.807, 2.05) is 9.80 Å². The molecule has 4 heterocycles. The van der Waals surface area contributed by atoms with E-state index in [9.17, 15) is 22.8 Å². The summed E-state index contributed by atoms with van der Waals surface area (Å²) in [4.78, 5) is 35.4. The van der Waals surface area contributed by atoms with E-state index in [-0.39, 0.29) is 25.1 Å². The summed E-state index contributed by atoms with van der Waals surface area (Å²) in [6.45, 7) is 10.6. The minimum absolute atomic E-state index is 0.000826. The monoisotopic (exact) mass is 647 g/mol. The number of nitrogen functional groups attached to an aromatic ring is 1. The molecule has 1 aromatic carbocycles. The lowest BCUT2D eigenvalue weighted by Gasteiger charge is -2.35. The average molecular weight is 648 g/mol. The number of anilines is 2. The molecule has 0 saturated carbocycles. The van der Waals surface area contributed by atoms with Crippen LogP contribution in [0.4, 0.5) is 29.5 Å². The van der Waals surface area contributed by atoms with Crippen LogP contribution in [0.5, 0.6) is 0 Å². The molecular formula is C31H40F3N7O5. The van der Waals surface area contributed by atoms with Crippen LogP contribution in [0.3, 0.4) is 0 Å². The first kappa shape index (κ1) is 33.3. The standard InChI is InChI=1S/C31H40F3N7O5/c1-20-21(6-5-7-22(20)31(32,33)34)16-25-24(36-28-23(35)17-26(37-41(25)28)39-12-14-44-15-13-39)19-45-27(42)18-38-8-10-40(11-9-38)29(43)46-30(2,3)4/h5-7,17H,8-16,18-19,35H2,1-4H3. The van der Waals surface area contributed by atoms with Gasteiger partial charge in [0.2, 0.25) is 0 Å². The molecule has 0 bridgehead atoms. The Labute approximate surface area is 265 Å². The molecule has 2 saturated heterocycles. The van der Waals surface area contributed by atoms with Gasteiger partial charge >= 0.3 is 18.2 Å². The highest BCUT2D eigenvalue weighted by Crippen LogP contribution is 2.34. The Kier molecular flexibility index (Phi) is 9.63. The van der Waals surface area contributed by atoms with Gasteiger partial charge in [0.1, 0.15) is 17.9 Å². The summed E-state index contributed by atoms with van der Waals surface area (Å²) in [5.74, 6) is 0.0840. The highest BCUT2D eigenvalue weighted by molar-refractivity contribution is 5.72. The van der Waals surface area contributed by atoms with Crippen molar-refractivity contribution in [1.82, 2.24) is 24.4 Å². The molecule has 0 atom stereocenters. The molecule has 1 amide bonds. The van der Waals surface area contributed by atoms with Gasteiger partial charge in [0.25, 0.3) is 0 Å². The first-order valence-corrected chi connectivity index (χ1v) is 15.2. The van der Waals surface area contributed by atoms with Crippen molar-refractivity contribution in [2.24, 2.45) is 0 Å². The topological polar surface area (TPSA) is 128 Å². The zero-order valence-electron chi connectivity index (χ0n) is 26.5. The van der Waals surface area contributed by atoms with Crippen LogP contribution in [0.15, 0.2) is 24.3 Å². The number of esters is 1. The van der Waals surface area contributed by atoms with Crippen molar-refractivity contribution in [3.63, 3.8) is 0 Å². The summed E-state index contributed by atoms with van der Waals surface area (Å²) in [5, 5.41) is 4.77. The molecule has 3 aromatic rings. The Hall–Kier alpha value is -4.11. The quantitative estimate of drug-likeness (QED) is 0.380. The van der Waals surface area contributed by atoms with E-state index in [4.69, 9.17) is 25.0 Å². The summed E-state index contributed by atoms with van der Waals surface area (Å²) in [7, 11) is 0. The number of fused-ring (bicyclic) bond motifs is 1. The molecule has 15 heteroatoms. The minimum Gasteiger partial charge on any atom is -0.458 e. The lowest BCUT2D eigenvalue weighted by atomic mass is 9.98. The number of benzene rings is 1. The predicted molar refractivity (Wildman–Crippen MR) is 163 cm³/mol. The number of rotatable bonds is 7. The van der Waals surface area contributed by atoms with E-state index < -0.39 is 29.4 Å². The van der Waals surface area contributed by atoms with Gasteiger partial charge in [-0.15, -0.1) is 5.10 Å². The Morgan fingerprint density at radius 3 is 2.39 bits per heavy atom. The SMILES string of the molecule is Cc1c(Cc2c(COC(=O)CN3CCN(C(=O)OC(C)(C)C)CC3)nc3c(N)cc(N4CCOCC4)nn23)cccc1C(F)(F)F. The molecule has 2 aromatic heterocycles. The van der Waals surface area contributed by atoms with Crippen LogP contribution >= 0.6 is 0 Å². The number of carbonyl (C=O) groups is 2. The van der Waals surface area contributed by atoms with Crippen LogP contribution in [0.25, 0.3) is 5.65 Å². The molecular weight excluding hydrogens is 607 g/mol. The van der Waals surface area contributed by atoms with Gasteiger partial charge in [0.15, 0.2) is 11.5 Å². The number of halogens is 3. The number of piperazine rings is 1. The third-order valence-electron chi connectivity index (χ3n) is 7.97. The van der Waals surface area contributed by atoms with E-state index in [1.165, 1.54) is 13.0 Å². The largest absolute Gasteiger partial charge is 0.458 e. The van der Waals surface area contributed by atoms with Crippen molar-refractivity contribution in [3.05, 3.63) is 52.3 Å². The molecule has 2 aliphatic rings. The molecule has 250 valence electrons. The first-order chi connectivity index (χ1) is 21.7. The summed E-state index contributed by atoms with van der Waals surface area (Å²) in [5.41, 5.74) is 7.09. The van der Waals surface area contributed by atoms with Gasteiger partial charge in [0.05, 0.1) is 36.7 Å². The zero-order valence-corrected chi connectivity index (χ0v) is 26.5. The van der Waals surface area contributed by atoms with Crippen molar-refractivity contribution in [3.8, 4) is 0 Å². The van der Waals surface area contributed by atoms with E-state index in [0.29, 0.717) is 86.6 Å². The summed E-state index contributed by atoms with van der Waals surface area (Å²) < 4.78 is 59.3. The Morgan fingerprint density at radius 2 is 1.74 bits per heavy atom. The smallest absolute Gasteiger partial charge is 0.416 e. The highest BCUT2D eigenvalue weighted by Gasteiger charge is 2.33. The van der Waals surface area contributed by atoms with E-state index >= 15 is 0 Å². The third kappa shape index (κ3) is 7.81. The van der Waals surface area contributed by atoms with Gasteiger partial charge in [0, 0.05) is 51.8 Å². The van der Waals surface area contributed by atoms with Crippen LogP contribution in [0.1, 0.15) is 48.8 Å². The normalized spacial score (nSPS) is 16.6. The fourth-order valence-electron chi connectivity index (χ4n) is 5.51. The van der Waals surface area contributed by atoms with Crippen molar-refractivity contribution >= 4 is 29.2 Å². The van der Waals surface area contributed by atoms with E-state index in [1.54, 1.807) is 42.3 Å². The highest BCUT2D eigenvalue weighted by atomic mass is 19.4. The molecule has 46 heavy (non-hydrogen) atoms. The molecule has 2 N–H and O–H groups in total. The molecule has 12 nitrogen and oxygen atoms in total. The number of ether oxygens (including phenoxy) is 3. The summed E-state index contributed by atoms with van der Waals surface area (Å²) in [6.07, 6.45) is -4.85. The van der Waals surface area contributed by atoms with Gasteiger partial charge in [-0.1, -0.05) is 12.1 Å². The van der Waals surface area contributed by atoms with Crippen LogP contribution in [-0.2, 0) is 38.2 Å². The Balaban J connectivity index is 1.35. The predicted octanol–water partition coefficient (Wildman–Crippen LogP) is 3.66. The first-order valence-electron chi connectivity index (χ1n) is 15.2. The van der Waals surface area contributed by atoms with E-state index in [2.05, 4.69) is 4.98 Å². The number of nitrogens with zero attached hydrogens (tertiary/aromatic N) is 6. The zero-order chi connectivity index (χ0) is 33.2. The maximum absolute atomic E-state index is 13.7. The number of morpholine rings is 1. The lowest BCUT2D eigenvalue weighted by molar-refractivity contribution is -0.146. The number of imidazole rings is 1. The van der Waals surface area contributed by atoms with Crippen molar-refractivity contribution in [2.75, 3.05) is 69.7 Å². The van der Waals surface area contributed by atoms with Crippen molar-refractivity contribution in [2.45, 2.75) is 52.5 Å². The third-order valence-corrected chi connectivity index (χ3v) is 7.97. The van der Waals surface area contributed by atoms with Crippen molar-refractivity contribution in [1.29, 1.82) is 0 Å². The average Bonchev–Trinajstić information content (AvgIpc) is 3.34. The van der Waals surface area contributed by atoms with Gasteiger partial charge < -0.3 is 29.7 Å². The lowest BCUT2D eigenvalue weighted by Crippen LogP contribution is -2.51. The molecule has 0 radical (unpaired) electrons. The summed E-state index contributed by atoms with van der Waals surface area (Å²) >= 11 is 0. The van der Waals surface area contributed by atoms with Crippen LogP contribution in [0, 0.1) is 6.92 Å². The van der Waals surface area contributed by atoms with Crippen LogP contribution in [0.2, 0.25) is 0 Å². The Morgan fingerprint density at radius 1 is 1.04 bits per heavy atom. The van der Waals surface area contributed by atoms with Crippen LogP contribution in [-0.4, -0.2) is 101 Å². The number of carbonyl (C=O) groups excluding carboxylic acids is 2. The van der Waals surface area contributed by atoms with Gasteiger partial charge in [-0.25, -0.2) is 14.3 Å². The maximum Gasteiger partial charge on any atom is 0.416 e. The maximum atomic E-state index is 13.7. The van der Waals surface area contributed by atoms with Crippen LogP contribution < -0.4 is 10.6 Å². The number of alkyl halides is 3. The fourth-order valence-corrected chi connectivity index (χ4v) is 5.51. The van der Waals surface area contributed by atoms with Crippen molar-refractivity contribution < 1.29 is 37.0 Å². The van der Waals surface area contributed by atoms with E-state index in [0.717, 1.165) is 6.07 Å². The molecule has 5 rings (SSSR count). The molecule has 2 fully saturated rings. The van der Waals surface area contributed by atoms with Gasteiger partial charge in [-0.05, 0) is 44.9 Å². The number of hydrogen-bond acceptors (Lipinski definition) is 10. The second-order valence-corrected chi connectivity index (χ2v) is 12.5. The number of nitrogens with two attached hydrogens (primary N) is 1. The molecule has 2 aliphatic heterocycles. The second kappa shape index (κ2) is 13.3. The number of hydrogen-bond donors (Lipinski definition) is 1. The number of aromatic nitrogens is 3. The van der Waals surface area contributed by atoms with Gasteiger partial charge in [-0.3, -0.25) is 9.69 Å². The Bertz CT molecular complexity index is 1570. The second-order valence-electron chi connectivity index (χ2n) is 12.5. The fraction of sp³-hybridized carbons (Fsp3) is 0.548. The summed E-state index contributed by atoms with van der Waals surface area (Å²) in [6, 6.07) is 5.76. The van der Waals surface area contributed by atoms with Gasteiger partial charge in [-0.2, -0.15) is 13.2 Å². The minimum atomic E-state index is -4.51. The molecule has 0 aliphatic carbocycles.